The lowest BCUT2D eigenvalue weighted by molar-refractivity contribution is -0.385. The lowest BCUT2D eigenvalue weighted by Gasteiger charge is -2.06. The van der Waals surface area contributed by atoms with E-state index in [1.54, 1.807) is 13.0 Å². The molecule has 0 aliphatic carbocycles. The van der Waals surface area contributed by atoms with E-state index in [-0.39, 0.29) is 11.3 Å². The van der Waals surface area contributed by atoms with E-state index in [1.807, 2.05) is 17.5 Å². The number of rotatable bonds is 5. The SMILES string of the molecule is Cc1c(C(=O)Nc2nc(-c3ccc(C(C)C)cc3)cs2)cccc1[N+](=O)[O-]. The lowest BCUT2D eigenvalue weighted by Crippen LogP contribution is -2.14. The van der Waals surface area contributed by atoms with Crippen LogP contribution in [0.5, 0.6) is 0 Å². The second-order valence-corrected chi connectivity index (χ2v) is 7.33. The molecule has 27 heavy (non-hydrogen) atoms. The highest BCUT2D eigenvalue weighted by Gasteiger charge is 2.19. The topological polar surface area (TPSA) is 85.1 Å². The third kappa shape index (κ3) is 4.03. The standard InChI is InChI=1S/C20H19N3O3S/c1-12(2)14-7-9-15(10-8-14)17-11-27-20(21-17)22-19(24)16-5-4-6-18(13(16)3)23(25)26/h4-12H,1-3H3,(H,21,22,24). The van der Waals surface area contributed by atoms with Crippen LogP contribution in [0.25, 0.3) is 11.3 Å². The van der Waals surface area contributed by atoms with Crippen LogP contribution in [-0.4, -0.2) is 15.8 Å². The van der Waals surface area contributed by atoms with Crippen molar-refractivity contribution in [2.45, 2.75) is 26.7 Å². The summed E-state index contributed by atoms with van der Waals surface area (Å²) in [5, 5.41) is 16.1. The zero-order valence-corrected chi connectivity index (χ0v) is 16.0. The fraction of sp³-hybridized carbons (Fsp3) is 0.200. The average molecular weight is 381 g/mol. The van der Waals surface area contributed by atoms with Gasteiger partial charge in [0.25, 0.3) is 11.6 Å². The summed E-state index contributed by atoms with van der Waals surface area (Å²) >= 11 is 1.32. The smallest absolute Gasteiger partial charge is 0.273 e. The molecule has 1 N–H and O–H groups in total. The molecule has 0 saturated heterocycles. The number of anilines is 1. The van der Waals surface area contributed by atoms with Gasteiger partial charge in [0, 0.05) is 28.1 Å². The van der Waals surface area contributed by atoms with Crippen LogP contribution in [0.2, 0.25) is 0 Å². The molecule has 0 bridgehead atoms. The van der Waals surface area contributed by atoms with E-state index >= 15 is 0 Å². The first kappa shape index (κ1) is 18.7. The van der Waals surface area contributed by atoms with Gasteiger partial charge < -0.3 is 0 Å². The van der Waals surface area contributed by atoms with Gasteiger partial charge in [-0.15, -0.1) is 11.3 Å². The van der Waals surface area contributed by atoms with Gasteiger partial charge in [0.05, 0.1) is 10.6 Å². The van der Waals surface area contributed by atoms with Gasteiger partial charge in [0.2, 0.25) is 0 Å². The van der Waals surface area contributed by atoms with E-state index in [4.69, 9.17) is 0 Å². The molecule has 0 fully saturated rings. The highest BCUT2D eigenvalue weighted by molar-refractivity contribution is 7.14. The van der Waals surface area contributed by atoms with Gasteiger partial charge >= 0.3 is 0 Å². The largest absolute Gasteiger partial charge is 0.298 e. The van der Waals surface area contributed by atoms with Gasteiger partial charge in [-0.05, 0) is 24.5 Å². The molecule has 0 aliphatic heterocycles. The number of carbonyl (C=O) groups is 1. The molecule has 0 spiro atoms. The van der Waals surface area contributed by atoms with Crippen LogP contribution in [0.4, 0.5) is 10.8 Å². The van der Waals surface area contributed by atoms with Crippen LogP contribution < -0.4 is 5.32 Å². The molecule has 2 aromatic carbocycles. The molecule has 3 aromatic rings. The fourth-order valence-electron chi connectivity index (χ4n) is 2.73. The number of amides is 1. The summed E-state index contributed by atoms with van der Waals surface area (Å²) in [6.07, 6.45) is 0. The van der Waals surface area contributed by atoms with Gasteiger partial charge in [-0.25, -0.2) is 4.98 Å². The molecule has 6 nitrogen and oxygen atoms in total. The zero-order valence-electron chi connectivity index (χ0n) is 15.2. The van der Waals surface area contributed by atoms with Crippen molar-refractivity contribution in [3.8, 4) is 11.3 Å². The van der Waals surface area contributed by atoms with Crippen LogP contribution in [0.15, 0.2) is 47.8 Å². The Bertz CT molecular complexity index is 994. The molecular formula is C20H19N3O3S. The second kappa shape index (κ2) is 7.67. The van der Waals surface area contributed by atoms with Crippen molar-refractivity contribution in [2.24, 2.45) is 0 Å². The Labute approximate surface area is 161 Å². The Balaban J connectivity index is 1.79. The van der Waals surface area contributed by atoms with Gasteiger partial charge in [-0.2, -0.15) is 0 Å². The number of carbonyl (C=O) groups excluding carboxylic acids is 1. The molecule has 1 aromatic heterocycles. The lowest BCUT2D eigenvalue weighted by atomic mass is 10.0. The summed E-state index contributed by atoms with van der Waals surface area (Å²) in [7, 11) is 0. The molecule has 0 atom stereocenters. The monoisotopic (exact) mass is 381 g/mol. The van der Waals surface area contributed by atoms with Crippen molar-refractivity contribution < 1.29 is 9.72 Å². The van der Waals surface area contributed by atoms with E-state index < -0.39 is 10.8 Å². The number of benzene rings is 2. The number of nitrogens with zero attached hydrogens (tertiary/aromatic N) is 2. The third-order valence-corrected chi connectivity index (χ3v) is 5.10. The van der Waals surface area contributed by atoms with Crippen LogP contribution in [0.3, 0.4) is 0 Å². The first-order valence-electron chi connectivity index (χ1n) is 8.48. The maximum Gasteiger partial charge on any atom is 0.273 e. The minimum absolute atomic E-state index is 0.0762. The molecule has 3 rings (SSSR count). The molecule has 1 heterocycles. The molecule has 0 unspecified atom stereocenters. The first-order chi connectivity index (χ1) is 12.9. The Morgan fingerprint density at radius 3 is 2.52 bits per heavy atom. The number of nitrogens with one attached hydrogen (secondary N) is 1. The number of hydrogen-bond acceptors (Lipinski definition) is 5. The summed E-state index contributed by atoms with van der Waals surface area (Å²) in [5.74, 6) is 0.0507. The van der Waals surface area contributed by atoms with E-state index in [1.165, 1.54) is 29.0 Å². The number of thiazole rings is 1. The van der Waals surface area contributed by atoms with Crippen LogP contribution >= 0.6 is 11.3 Å². The number of aromatic nitrogens is 1. The quantitative estimate of drug-likeness (QED) is 0.473. The molecule has 0 saturated carbocycles. The Morgan fingerprint density at radius 1 is 1.19 bits per heavy atom. The molecule has 138 valence electrons. The summed E-state index contributed by atoms with van der Waals surface area (Å²) in [6.45, 7) is 5.85. The maximum absolute atomic E-state index is 12.5. The van der Waals surface area contributed by atoms with Crippen LogP contribution in [-0.2, 0) is 0 Å². The predicted molar refractivity (Wildman–Crippen MR) is 107 cm³/mol. The molecule has 0 aliphatic rings. The number of nitro groups is 1. The summed E-state index contributed by atoms with van der Waals surface area (Å²) in [4.78, 5) is 27.5. The Morgan fingerprint density at radius 2 is 1.89 bits per heavy atom. The first-order valence-corrected chi connectivity index (χ1v) is 9.36. The fourth-order valence-corrected chi connectivity index (χ4v) is 3.45. The molecule has 1 amide bonds. The van der Waals surface area contributed by atoms with Crippen LogP contribution in [0.1, 0.15) is 41.3 Å². The minimum atomic E-state index is -0.492. The number of hydrogen-bond donors (Lipinski definition) is 1. The third-order valence-electron chi connectivity index (χ3n) is 4.34. The van der Waals surface area contributed by atoms with E-state index in [0.29, 0.717) is 16.6 Å². The van der Waals surface area contributed by atoms with Gasteiger partial charge in [0.1, 0.15) is 0 Å². The van der Waals surface area contributed by atoms with Crippen molar-refractivity contribution in [1.29, 1.82) is 0 Å². The molecule has 0 radical (unpaired) electrons. The van der Waals surface area contributed by atoms with Crippen molar-refractivity contribution in [3.63, 3.8) is 0 Å². The van der Waals surface area contributed by atoms with Crippen molar-refractivity contribution in [1.82, 2.24) is 4.98 Å². The van der Waals surface area contributed by atoms with E-state index in [9.17, 15) is 14.9 Å². The van der Waals surface area contributed by atoms with Crippen LogP contribution in [0, 0.1) is 17.0 Å². The highest BCUT2D eigenvalue weighted by Crippen LogP contribution is 2.27. The molecule has 7 heteroatoms. The summed E-state index contributed by atoms with van der Waals surface area (Å²) in [5.41, 5.74) is 3.53. The van der Waals surface area contributed by atoms with Crippen molar-refractivity contribution >= 4 is 28.1 Å². The van der Waals surface area contributed by atoms with E-state index in [2.05, 4.69) is 36.3 Å². The predicted octanol–water partition coefficient (Wildman–Crippen LogP) is 5.40. The van der Waals surface area contributed by atoms with Crippen molar-refractivity contribution in [3.05, 3.63) is 74.6 Å². The second-order valence-electron chi connectivity index (χ2n) is 6.48. The number of nitro benzene ring substituents is 1. The van der Waals surface area contributed by atoms with E-state index in [0.717, 1.165) is 11.3 Å². The zero-order chi connectivity index (χ0) is 19.6. The molecular weight excluding hydrogens is 362 g/mol. The minimum Gasteiger partial charge on any atom is -0.298 e. The van der Waals surface area contributed by atoms with Gasteiger partial charge in [-0.3, -0.25) is 20.2 Å². The Hall–Kier alpha value is -3.06. The normalized spacial score (nSPS) is 10.8. The van der Waals surface area contributed by atoms with Crippen molar-refractivity contribution in [2.75, 3.05) is 5.32 Å². The van der Waals surface area contributed by atoms with Gasteiger partial charge in [-0.1, -0.05) is 44.2 Å². The highest BCUT2D eigenvalue weighted by atomic mass is 32.1. The Kier molecular flexibility index (Phi) is 5.32. The average Bonchev–Trinajstić information content (AvgIpc) is 3.10. The summed E-state index contributed by atoms with van der Waals surface area (Å²) in [6, 6.07) is 12.6. The maximum atomic E-state index is 12.5. The van der Waals surface area contributed by atoms with Gasteiger partial charge in [0.15, 0.2) is 5.13 Å². The summed E-state index contributed by atoms with van der Waals surface area (Å²) < 4.78 is 0.